The van der Waals surface area contributed by atoms with Gasteiger partial charge in [-0.2, -0.15) is 0 Å². The summed E-state index contributed by atoms with van der Waals surface area (Å²) in [5.74, 6) is 1.19. The number of amides is 3. The molecule has 0 bridgehead atoms. The molecule has 0 spiro atoms. The Bertz CT molecular complexity index is 2250. The van der Waals surface area contributed by atoms with Crippen LogP contribution in [0.15, 0.2) is 91.3 Å². The molecule has 12 nitrogen and oxygen atoms in total. The van der Waals surface area contributed by atoms with Crippen LogP contribution in [0.2, 0.25) is 0 Å². The smallest absolute Gasteiger partial charge is 0.407 e. The Balaban J connectivity index is 0.975. The van der Waals surface area contributed by atoms with Crippen molar-refractivity contribution >= 4 is 39.5 Å². The van der Waals surface area contributed by atoms with Gasteiger partial charge in [0, 0.05) is 28.2 Å². The van der Waals surface area contributed by atoms with Crippen molar-refractivity contribution in [2.45, 2.75) is 43.8 Å². The van der Waals surface area contributed by atoms with Crippen molar-refractivity contribution in [3.05, 3.63) is 108 Å². The molecule has 0 radical (unpaired) electrons. The molecule has 3 aromatic carbocycles. The van der Waals surface area contributed by atoms with E-state index in [0.717, 1.165) is 68.7 Å². The Morgan fingerprint density at radius 2 is 1.44 bits per heavy atom. The van der Waals surface area contributed by atoms with E-state index in [2.05, 4.69) is 68.8 Å². The van der Waals surface area contributed by atoms with Crippen LogP contribution in [-0.4, -0.2) is 73.1 Å². The number of methoxy groups -OCH3 is 1. The fourth-order valence-electron chi connectivity index (χ4n) is 7.33. The molecule has 2 saturated heterocycles. The molecule has 3 atom stereocenters. The largest absolute Gasteiger partial charge is 0.465 e. The lowest BCUT2D eigenvalue weighted by Crippen LogP contribution is -2.42. The van der Waals surface area contributed by atoms with Gasteiger partial charge in [-0.1, -0.05) is 66.7 Å². The van der Waals surface area contributed by atoms with Crippen molar-refractivity contribution in [2.75, 3.05) is 20.2 Å². The van der Waals surface area contributed by atoms with Crippen LogP contribution in [0.3, 0.4) is 0 Å². The number of imidazole rings is 2. The second-order valence-corrected chi connectivity index (χ2v) is 14.2. The number of H-pyrrole nitrogens is 2. The van der Waals surface area contributed by atoms with Gasteiger partial charge in [0.15, 0.2) is 0 Å². The second kappa shape index (κ2) is 14.0. The van der Waals surface area contributed by atoms with Gasteiger partial charge in [-0.3, -0.25) is 9.69 Å². The number of hydrogen-bond acceptors (Lipinski definition) is 7. The van der Waals surface area contributed by atoms with Crippen molar-refractivity contribution in [3.63, 3.8) is 0 Å². The molecular formula is C39H37N7O5S. The van der Waals surface area contributed by atoms with E-state index >= 15 is 0 Å². The van der Waals surface area contributed by atoms with E-state index in [1.807, 2.05) is 30.3 Å². The number of carboxylic acid groups (broad SMARTS) is 1. The lowest BCUT2D eigenvalue weighted by Gasteiger charge is -2.28. The van der Waals surface area contributed by atoms with Gasteiger partial charge in [0.05, 0.1) is 43.0 Å². The molecule has 3 aromatic heterocycles. The monoisotopic (exact) mass is 715 g/mol. The number of alkyl carbamates (subject to hydrolysis) is 1. The predicted molar refractivity (Wildman–Crippen MR) is 198 cm³/mol. The number of benzene rings is 3. The summed E-state index contributed by atoms with van der Waals surface area (Å²) in [6, 6.07) is 24.7. The van der Waals surface area contributed by atoms with Crippen molar-refractivity contribution in [2.24, 2.45) is 0 Å². The van der Waals surface area contributed by atoms with E-state index in [4.69, 9.17) is 9.72 Å². The average Bonchev–Trinajstić information content (AvgIpc) is 4.02. The predicted octanol–water partition coefficient (Wildman–Crippen LogP) is 7.92. The minimum atomic E-state index is -0.913. The Kier molecular flexibility index (Phi) is 8.93. The number of likely N-dealkylation sites (tertiary alicyclic amines) is 2. The number of hydrogen-bond donors (Lipinski definition) is 4. The number of nitrogens with zero attached hydrogens (tertiary/aromatic N) is 4. The molecule has 0 aliphatic carbocycles. The summed E-state index contributed by atoms with van der Waals surface area (Å²) in [7, 11) is 1.28. The normalized spacial score (nSPS) is 17.8. The average molecular weight is 716 g/mol. The van der Waals surface area contributed by atoms with Crippen LogP contribution in [0.4, 0.5) is 9.59 Å². The summed E-state index contributed by atoms with van der Waals surface area (Å²) in [5, 5.41) is 13.4. The maximum Gasteiger partial charge on any atom is 0.407 e. The molecule has 8 rings (SSSR count). The standard InChI is InChI=1S/C39H37N7O5S/c1-51-38(48)44-34(25-7-3-2-4-8-25)37(47)45-17-5-9-30(45)35-40-21-28(42-35)23-11-13-24(14-12-23)32-20-27-16-15-26(19-33(27)52-32)29-22-41-36(43-29)31-10-6-18-46(31)39(49)50/h2-4,7-8,11-16,19-22,30-31,34H,5-6,9-10,17-18H2,1H3,(H,40,42)(H,41,43)(H,44,48)(H,49,50). The first-order chi connectivity index (χ1) is 25.4. The van der Waals surface area contributed by atoms with Crippen LogP contribution >= 0.6 is 11.3 Å². The Hall–Kier alpha value is -5.95. The van der Waals surface area contributed by atoms with Crippen molar-refractivity contribution < 1.29 is 24.2 Å². The minimum absolute atomic E-state index is 0.206. The van der Waals surface area contributed by atoms with Crippen LogP contribution in [0.1, 0.15) is 61.0 Å². The molecule has 6 aromatic rings. The van der Waals surface area contributed by atoms with Crippen LogP contribution in [-0.2, 0) is 9.53 Å². The third-order valence-electron chi connectivity index (χ3n) is 10.00. The minimum Gasteiger partial charge on any atom is -0.465 e. The summed E-state index contributed by atoms with van der Waals surface area (Å²) in [4.78, 5) is 58.1. The number of carbonyl (C=O) groups excluding carboxylic acids is 2. The van der Waals surface area contributed by atoms with E-state index < -0.39 is 18.2 Å². The van der Waals surface area contributed by atoms with Crippen molar-refractivity contribution in [1.29, 1.82) is 0 Å². The van der Waals surface area contributed by atoms with Gasteiger partial charge < -0.3 is 30.0 Å². The first-order valence-corrected chi connectivity index (χ1v) is 18.1. The molecule has 4 N–H and O–H groups in total. The van der Waals surface area contributed by atoms with Crippen LogP contribution in [0.5, 0.6) is 0 Å². The van der Waals surface area contributed by atoms with Gasteiger partial charge in [-0.05, 0) is 59.9 Å². The van der Waals surface area contributed by atoms with Crippen LogP contribution in [0, 0.1) is 0 Å². The number of aromatic nitrogens is 4. The second-order valence-electron chi connectivity index (χ2n) is 13.1. The molecule has 2 fully saturated rings. The molecule has 13 heteroatoms. The van der Waals surface area contributed by atoms with Gasteiger partial charge in [0.2, 0.25) is 0 Å². The quantitative estimate of drug-likeness (QED) is 0.125. The summed E-state index contributed by atoms with van der Waals surface area (Å²) in [6.45, 7) is 1.09. The first-order valence-electron chi connectivity index (χ1n) is 17.3. The highest BCUT2D eigenvalue weighted by Crippen LogP contribution is 2.38. The maximum atomic E-state index is 13.9. The van der Waals surface area contributed by atoms with Gasteiger partial charge >= 0.3 is 12.2 Å². The zero-order chi connectivity index (χ0) is 35.8. The number of thiophene rings is 1. The summed E-state index contributed by atoms with van der Waals surface area (Å²) >= 11 is 1.71. The molecule has 52 heavy (non-hydrogen) atoms. The molecule has 2 aliphatic heterocycles. The number of rotatable bonds is 8. The highest BCUT2D eigenvalue weighted by molar-refractivity contribution is 7.22. The first kappa shape index (κ1) is 33.2. The molecule has 3 unspecified atom stereocenters. The summed E-state index contributed by atoms with van der Waals surface area (Å²) < 4.78 is 5.96. The number of ether oxygens (including phenoxy) is 1. The Morgan fingerprint density at radius 1 is 0.827 bits per heavy atom. The molecule has 0 saturated carbocycles. The fourth-order valence-corrected chi connectivity index (χ4v) is 8.44. The summed E-state index contributed by atoms with van der Waals surface area (Å²) in [5.41, 5.74) is 5.49. The lowest BCUT2D eigenvalue weighted by molar-refractivity contribution is -0.134. The van der Waals surface area contributed by atoms with E-state index in [1.165, 1.54) is 12.0 Å². The van der Waals surface area contributed by atoms with Gasteiger partial charge in [0.1, 0.15) is 17.7 Å². The molecular weight excluding hydrogens is 679 g/mol. The highest BCUT2D eigenvalue weighted by Gasteiger charge is 2.37. The van der Waals surface area contributed by atoms with Crippen molar-refractivity contribution in [1.82, 2.24) is 35.1 Å². The third-order valence-corrected chi connectivity index (χ3v) is 11.1. The van der Waals surface area contributed by atoms with Gasteiger partial charge in [-0.25, -0.2) is 19.6 Å². The number of fused-ring (bicyclic) bond motifs is 1. The Morgan fingerprint density at radius 3 is 2.12 bits per heavy atom. The topological polar surface area (TPSA) is 157 Å². The SMILES string of the molecule is COC(=O)NC(C(=O)N1CCCC1c1ncc(-c2ccc(-c3cc4ccc(-c5cnc(C6CCCN6C(=O)O)[nH]5)cc4s3)cc2)[nH]1)c1ccccc1. The lowest BCUT2D eigenvalue weighted by atomic mass is 10.1. The van der Waals surface area contributed by atoms with Crippen molar-refractivity contribution in [3.8, 4) is 33.0 Å². The molecule has 3 amide bonds. The van der Waals surface area contributed by atoms with Gasteiger partial charge in [-0.15, -0.1) is 11.3 Å². The van der Waals surface area contributed by atoms with Gasteiger partial charge in [0.25, 0.3) is 5.91 Å². The van der Waals surface area contributed by atoms with Crippen LogP contribution in [0.25, 0.3) is 43.0 Å². The highest BCUT2D eigenvalue weighted by atomic mass is 32.1. The number of aromatic amines is 2. The third kappa shape index (κ3) is 6.39. The molecule has 2 aliphatic rings. The fraction of sp³-hybridized carbons (Fsp3) is 0.256. The summed E-state index contributed by atoms with van der Waals surface area (Å²) in [6.07, 6.45) is 5.20. The number of carbonyl (C=O) groups is 3. The van der Waals surface area contributed by atoms with Crippen LogP contribution < -0.4 is 5.32 Å². The maximum absolute atomic E-state index is 13.9. The number of nitrogens with one attached hydrogen (secondary N) is 3. The van der Waals surface area contributed by atoms with E-state index in [1.54, 1.807) is 28.6 Å². The zero-order valence-corrected chi connectivity index (χ0v) is 29.2. The van der Waals surface area contributed by atoms with E-state index in [9.17, 15) is 19.5 Å². The zero-order valence-electron chi connectivity index (χ0n) is 28.4. The molecule has 264 valence electrons. The molecule has 5 heterocycles. The Labute approximate surface area is 303 Å². The van der Waals surface area contributed by atoms with E-state index in [0.29, 0.717) is 30.3 Å². The van der Waals surface area contributed by atoms with E-state index in [-0.39, 0.29) is 18.0 Å².